The van der Waals surface area contributed by atoms with E-state index in [4.69, 9.17) is 9.47 Å². The summed E-state index contributed by atoms with van der Waals surface area (Å²) in [5.41, 5.74) is 4.17. The number of fused-ring (bicyclic) bond motifs is 1. The molecule has 3 rings (SSSR count). The molecule has 0 aliphatic rings. The molecule has 0 fully saturated rings. The van der Waals surface area contributed by atoms with E-state index in [0.29, 0.717) is 30.9 Å². The molecule has 0 unspecified atom stereocenters. The number of carbonyl (C=O) groups is 1. The van der Waals surface area contributed by atoms with Crippen molar-refractivity contribution in [3.8, 4) is 5.75 Å². The van der Waals surface area contributed by atoms with Crippen molar-refractivity contribution < 1.29 is 14.3 Å². The Bertz CT molecular complexity index is 969. The van der Waals surface area contributed by atoms with Gasteiger partial charge in [0, 0.05) is 30.8 Å². The number of anilines is 2. The molecule has 0 spiro atoms. The van der Waals surface area contributed by atoms with Gasteiger partial charge in [-0.2, -0.15) is 0 Å². The van der Waals surface area contributed by atoms with Crippen molar-refractivity contribution in [2.45, 2.75) is 26.7 Å². The maximum Gasteiger partial charge on any atom is 0.166 e. The second-order valence-corrected chi connectivity index (χ2v) is 6.65. The normalized spacial score (nSPS) is 10.8. The van der Waals surface area contributed by atoms with E-state index in [1.54, 1.807) is 13.3 Å². The summed E-state index contributed by atoms with van der Waals surface area (Å²) in [4.78, 5) is 17.3. The Hall–Kier alpha value is -2.92. The van der Waals surface area contributed by atoms with Gasteiger partial charge >= 0.3 is 0 Å². The van der Waals surface area contributed by atoms with Crippen molar-refractivity contribution in [1.82, 2.24) is 4.98 Å². The molecule has 3 aromatic rings. The van der Waals surface area contributed by atoms with Gasteiger partial charge in [0.05, 0.1) is 17.9 Å². The van der Waals surface area contributed by atoms with Gasteiger partial charge in [0.1, 0.15) is 17.9 Å². The molecule has 1 N–H and O–H groups in total. The van der Waals surface area contributed by atoms with Crippen molar-refractivity contribution in [3.05, 3.63) is 59.8 Å². The Balaban J connectivity index is 2.12. The van der Waals surface area contributed by atoms with Crippen LogP contribution in [-0.2, 0) is 4.74 Å². The minimum atomic E-state index is 0.0821. The highest BCUT2D eigenvalue weighted by atomic mass is 16.5. The summed E-state index contributed by atoms with van der Waals surface area (Å²) >= 11 is 0. The predicted molar refractivity (Wildman–Crippen MR) is 113 cm³/mol. The Morgan fingerprint density at radius 2 is 1.93 bits per heavy atom. The van der Waals surface area contributed by atoms with Gasteiger partial charge in [0.25, 0.3) is 0 Å². The Morgan fingerprint density at radius 1 is 1.11 bits per heavy atom. The molecule has 2 aromatic carbocycles. The molecular formula is C23H26N2O3. The van der Waals surface area contributed by atoms with Gasteiger partial charge in [-0.1, -0.05) is 37.3 Å². The summed E-state index contributed by atoms with van der Waals surface area (Å²) in [6.45, 7) is 4.98. The average Bonchev–Trinajstić information content (AvgIpc) is 2.70. The van der Waals surface area contributed by atoms with Crippen molar-refractivity contribution in [3.63, 3.8) is 0 Å². The molecule has 1 heterocycles. The molecule has 5 heteroatoms. The Morgan fingerprint density at radius 3 is 2.68 bits per heavy atom. The summed E-state index contributed by atoms with van der Waals surface area (Å²) in [7, 11) is 1.64. The maximum absolute atomic E-state index is 12.8. The number of rotatable bonds is 9. The highest BCUT2D eigenvalue weighted by molar-refractivity contribution is 6.09. The first-order valence-corrected chi connectivity index (χ1v) is 9.55. The monoisotopic (exact) mass is 378 g/mol. The van der Waals surface area contributed by atoms with E-state index >= 15 is 0 Å². The topological polar surface area (TPSA) is 60.5 Å². The van der Waals surface area contributed by atoms with Crippen LogP contribution in [0.3, 0.4) is 0 Å². The average molecular weight is 378 g/mol. The largest absolute Gasteiger partial charge is 0.489 e. The first-order chi connectivity index (χ1) is 13.7. The van der Waals surface area contributed by atoms with Crippen LogP contribution in [0.2, 0.25) is 0 Å². The summed E-state index contributed by atoms with van der Waals surface area (Å²) in [6, 6.07) is 13.8. The van der Waals surface area contributed by atoms with E-state index in [2.05, 4.69) is 10.3 Å². The fourth-order valence-corrected chi connectivity index (χ4v) is 3.10. The van der Waals surface area contributed by atoms with Crippen LogP contribution in [0.25, 0.3) is 10.9 Å². The quantitative estimate of drug-likeness (QED) is 0.405. The second-order valence-electron chi connectivity index (χ2n) is 6.65. The fraction of sp³-hybridized carbons (Fsp3) is 0.304. The number of nitrogens with one attached hydrogen (secondary N) is 1. The number of ketones is 1. The van der Waals surface area contributed by atoms with Gasteiger partial charge in [-0.3, -0.25) is 9.78 Å². The molecule has 0 bridgehead atoms. The van der Waals surface area contributed by atoms with Gasteiger partial charge in [-0.25, -0.2) is 0 Å². The molecule has 0 atom stereocenters. The third kappa shape index (κ3) is 4.31. The molecule has 0 aliphatic heterocycles. The van der Waals surface area contributed by atoms with E-state index in [-0.39, 0.29) is 5.78 Å². The highest BCUT2D eigenvalue weighted by Crippen LogP contribution is 2.35. The van der Waals surface area contributed by atoms with E-state index in [9.17, 15) is 4.79 Å². The molecule has 5 nitrogen and oxygen atoms in total. The zero-order valence-electron chi connectivity index (χ0n) is 16.6. The molecule has 1 aromatic heterocycles. The molecule has 0 radical (unpaired) electrons. The third-order valence-corrected chi connectivity index (χ3v) is 4.59. The number of aryl methyl sites for hydroxylation is 1. The van der Waals surface area contributed by atoms with E-state index in [1.165, 1.54) is 0 Å². The fourth-order valence-electron chi connectivity index (χ4n) is 3.10. The van der Waals surface area contributed by atoms with Crippen LogP contribution in [0.1, 0.15) is 35.7 Å². The Kier molecular flexibility index (Phi) is 6.61. The second kappa shape index (κ2) is 9.33. The van der Waals surface area contributed by atoms with E-state index in [1.807, 2.05) is 56.3 Å². The first kappa shape index (κ1) is 19.8. The summed E-state index contributed by atoms with van der Waals surface area (Å²) in [5.74, 6) is 0.760. The van der Waals surface area contributed by atoms with Crippen molar-refractivity contribution in [2.75, 3.05) is 25.6 Å². The van der Waals surface area contributed by atoms with Crippen LogP contribution in [0.4, 0.5) is 11.4 Å². The van der Waals surface area contributed by atoms with Gasteiger partial charge in [-0.05, 0) is 31.0 Å². The maximum atomic E-state index is 12.8. The van der Waals surface area contributed by atoms with Gasteiger partial charge in [0.15, 0.2) is 5.78 Å². The molecule has 0 aliphatic carbocycles. The number of hydrogen-bond donors (Lipinski definition) is 1. The standard InChI is InChI=1S/C23H26N2O3/c1-4-8-20(26)18-15-24-23-17(10-7-12-21(23)28-14-13-27-3)22(18)25-19-11-6-5-9-16(19)2/h5-7,9-12,15H,4,8,13-14H2,1-3H3,(H,24,25). The number of pyridine rings is 1. The number of aromatic nitrogens is 1. The van der Waals surface area contributed by atoms with Crippen LogP contribution in [0.5, 0.6) is 5.75 Å². The SMILES string of the molecule is CCCC(=O)c1cnc2c(OCCOC)cccc2c1Nc1ccccc1C. The number of benzene rings is 2. The van der Waals surface area contributed by atoms with Crippen molar-refractivity contribution >= 4 is 28.1 Å². The van der Waals surface area contributed by atoms with Crippen LogP contribution in [0.15, 0.2) is 48.7 Å². The lowest BCUT2D eigenvalue weighted by atomic mass is 10.0. The molecular weight excluding hydrogens is 352 g/mol. The third-order valence-electron chi connectivity index (χ3n) is 4.59. The van der Waals surface area contributed by atoms with Gasteiger partial charge in [0.2, 0.25) is 0 Å². The number of methoxy groups -OCH3 is 1. The number of para-hydroxylation sites is 2. The minimum Gasteiger partial charge on any atom is -0.489 e. The zero-order valence-corrected chi connectivity index (χ0v) is 16.6. The molecule has 0 saturated carbocycles. The van der Waals surface area contributed by atoms with Gasteiger partial charge < -0.3 is 14.8 Å². The molecule has 146 valence electrons. The lowest BCUT2D eigenvalue weighted by molar-refractivity contribution is 0.0982. The number of Topliss-reactive ketones (excluding diaryl/α,β-unsaturated/α-hetero) is 1. The summed E-state index contributed by atoms with van der Waals surface area (Å²) in [6.07, 6.45) is 2.94. The molecule has 0 amide bonds. The van der Waals surface area contributed by atoms with Crippen LogP contribution >= 0.6 is 0 Å². The number of nitrogens with zero attached hydrogens (tertiary/aromatic N) is 1. The van der Waals surface area contributed by atoms with Crippen LogP contribution < -0.4 is 10.1 Å². The van der Waals surface area contributed by atoms with Crippen LogP contribution in [-0.4, -0.2) is 31.1 Å². The lowest BCUT2D eigenvalue weighted by Gasteiger charge is -2.17. The lowest BCUT2D eigenvalue weighted by Crippen LogP contribution is -2.08. The first-order valence-electron chi connectivity index (χ1n) is 9.55. The van der Waals surface area contributed by atoms with Gasteiger partial charge in [-0.15, -0.1) is 0 Å². The number of carbonyl (C=O) groups excluding carboxylic acids is 1. The van der Waals surface area contributed by atoms with Crippen molar-refractivity contribution in [1.29, 1.82) is 0 Å². The number of ether oxygens (including phenoxy) is 2. The number of hydrogen-bond acceptors (Lipinski definition) is 5. The van der Waals surface area contributed by atoms with Crippen molar-refractivity contribution in [2.24, 2.45) is 0 Å². The Labute approximate surface area is 165 Å². The highest BCUT2D eigenvalue weighted by Gasteiger charge is 2.17. The zero-order chi connectivity index (χ0) is 19.9. The molecule has 0 saturated heterocycles. The van der Waals surface area contributed by atoms with Crippen LogP contribution in [0, 0.1) is 6.92 Å². The smallest absolute Gasteiger partial charge is 0.166 e. The van der Waals surface area contributed by atoms with E-state index in [0.717, 1.165) is 34.3 Å². The summed E-state index contributed by atoms with van der Waals surface area (Å²) in [5, 5.41) is 4.34. The summed E-state index contributed by atoms with van der Waals surface area (Å²) < 4.78 is 10.9. The predicted octanol–water partition coefficient (Wildman–Crippen LogP) is 5.29. The van der Waals surface area contributed by atoms with E-state index < -0.39 is 0 Å². The molecule has 28 heavy (non-hydrogen) atoms. The minimum absolute atomic E-state index is 0.0821.